The maximum atomic E-state index is 13.5. The van der Waals surface area contributed by atoms with Crippen molar-refractivity contribution < 1.29 is 14.2 Å². The molecule has 0 saturated heterocycles. The van der Waals surface area contributed by atoms with Crippen molar-refractivity contribution >= 4 is 10.9 Å². The molecule has 3 aromatic carbocycles. The summed E-state index contributed by atoms with van der Waals surface area (Å²) < 4.78 is 20.0. The molecular weight excluding hydrogens is 486 g/mol. The van der Waals surface area contributed by atoms with Crippen LogP contribution in [0.15, 0.2) is 107 Å². The summed E-state index contributed by atoms with van der Waals surface area (Å²) in [6.07, 6.45) is 6.27. The van der Waals surface area contributed by atoms with Gasteiger partial charge in [0.15, 0.2) is 5.75 Å². The molecule has 0 radical (unpaired) electrons. The average molecular weight is 524 g/mol. The van der Waals surface area contributed by atoms with Crippen molar-refractivity contribution in [2.24, 2.45) is 7.05 Å². The van der Waals surface area contributed by atoms with E-state index < -0.39 is 0 Å². The summed E-state index contributed by atoms with van der Waals surface area (Å²) in [6, 6.07) is 25.5. The number of rotatable bonds is 12. The number of aromatic nitrogens is 1. The number of aryl methyl sites for hydroxylation is 1. The van der Waals surface area contributed by atoms with Gasteiger partial charge in [0.2, 0.25) is 5.75 Å². The predicted octanol–water partition coefficient (Wildman–Crippen LogP) is 7.77. The summed E-state index contributed by atoms with van der Waals surface area (Å²) in [5, 5.41) is 0.794. The molecule has 202 valence electrons. The molecule has 0 spiro atoms. The van der Waals surface area contributed by atoms with Crippen molar-refractivity contribution in [1.29, 1.82) is 0 Å². The summed E-state index contributed by atoms with van der Waals surface area (Å²) in [4.78, 5) is 13.5. The highest BCUT2D eigenvalue weighted by Gasteiger charge is 2.19. The number of benzene rings is 3. The molecule has 0 unspecified atom stereocenters. The zero-order valence-electron chi connectivity index (χ0n) is 23.3. The maximum Gasteiger partial charge on any atom is 0.297 e. The molecule has 0 bridgehead atoms. The van der Waals surface area contributed by atoms with Gasteiger partial charge in [-0.05, 0) is 62.9 Å². The molecule has 1 aromatic heterocycles. The molecule has 5 heteroatoms. The molecule has 0 saturated carbocycles. The van der Waals surface area contributed by atoms with E-state index in [4.69, 9.17) is 14.2 Å². The van der Waals surface area contributed by atoms with Gasteiger partial charge in [0.05, 0.1) is 5.52 Å². The zero-order chi connectivity index (χ0) is 27.6. The molecule has 5 nitrogen and oxygen atoms in total. The molecular formula is C34H37NO4. The second-order valence-corrected chi connectivity index (χ2v) is 9.93. The van der Waals surface area contributed by atoms with Crippen molar-refractivity contribution in [3.8, 4) is 17.2 Å². The van der Waals surface area contributed by atoms with E-state index in [2.05, 4.69) is 32.9 Å². The SMILES string of the molecule is CC(C)=CCC/C(C)=C/COc1c(OCc2ccccc2)c(=O)n(C)c2cc(OCc3ccccc3)ccc12. The van der Waals surface area contributed by atoms with Gasteiger partial charge >= 0.3 is 0 Å². The van der Waals surface area contributed by atoms with Crippen LogP contribution in [0.25, 0.3) is 10.9 Å². The first-order chi connectivity index (χ1) is 18.9. The lowest BCUT2D eigenvalue weighted by Gasteiger charge is -2.17. The molecule has 1 heterocycles. The van der Waals surface area contributed by atoms with Crippen LogP contribution in [0.4, 0.5) is 0 Å². The van der Waals surface area contributed by atoms with Gasteiger partial charge in [-0.2, -0.15) is 0 Å². The smallest absolute Gasteiger partial charge is 0.297 e. The molecule has 39 heavy (non-hydrogen) atoms. The maximum absolute atomic E-state index is 13.5. The fourth-order valence-corrected chi connectivity index (χ4v) is 4.25. The minimum Gasteiger partial charge on any atom is -0.489 e. The molecule has 0 fully saturated rings. The third-order valence-electron chi connectivity index (χ3n) is 6.51. The number of nitrogens with zero attached hydrogens (tertiary/aromatic N) is 1. The van der Waals surface area contributed by atoms with Gasteiger partial charge in [-0.15, -0.1) is 0 Å². The van der Waals surface area contributed by atoms with E-state index in [0.717, 1.165) is 34.9 Å². The van der Waals surface area contributed by atoms with Crippen LogP contribution < -0.4 is 19.8 Å². The minimum atomic E-state index is -0.252. The summed E-state index contributed by atoms with van der Waals surface area (Å²) in [5.74, 6) is 1.34. The van der Waals surface area contributed by atoms with Crippen LogP contribution in [0.5, 0.6) is 17.2 Å². The van der Waals surface area contributed by atoms with Crippen LogP contribution in [0.3, 0.4) is 0 Å². The number of pyridine rings is 1. The number of fused-ring (bicyclic) bond motifs is 1. The van der Waals surface area contributed by atoms with Crippen LogP contribution in [-0.2, 0) is 20.3 Å². The largest absolute Gasteiger partial charge is 0.489 e. The lowest BCUT2D eigenvalue weighted by molar-refractivity contribution is 0.271. The Morgan fingerprint density at radius 3 is 2.05 bits per heavy atom. The summed E-state index contributed by atoms with van der Waals surface area (Å²) in [7, 11) is 1.75. The molecule has 0 aliphatic heterocycles. The predicted molar refractivity (Wildman–Crippen MR) is 159 cm³/mol. The highest BCUT2D eigenvalue weighted by atomic mass is 16.5. The quantitative estimate of drug-likeness (QED) is 0.178. The first-order valence-electron chi connectivity index (χ1n) is 13.3. The topological polar surface area (TPSA) is 49.7 Å². The normalized spacial score (nSPS) is 11.3. The molecule has 0 atom stereocenters. The van der Waals surface area contributed by atoms with Crippen LogP contribution >= 0.6 is 0 Å². The van der Waals surface area contributed by atoms with Crippen LogP contribution in [-0.4, -0.2) is 11.2 Å². The second kappa shape index (κ2) is 13.5. The molecule has 4 aromatic rings. The Morgan fingerprint density at radius 1 is 0.769 bits per heavy atom. The van der Waals surface area contributed by atoms with Crippen molar-refractivity contribution in [3.05, 3.63) is 124 Å². The van der Waals surface area contributed by atoms with E-state index in [1.807, 2.05) is 78.9 Å². The van der Waals surface area contributed by atoms with E-state index >= 15 is 0 Å². The van der Waals surface area contributed by atoms with Crippen LogP contribution in [0.2, 0.25) is 0 Å². The number of hydrogen-bond donors (Lipinski definition) is 0. The summed E-state index contributed by atoms with van der Waals surface area (Å²) in [5.41, 5.74) is 5.08. The molecule has 0 aliphatic rings. The molecule has 0 N–H and O–H groups in total. The number of hydrogen-bond acceptors (Lipinski definition) is 4. The van der Waals surface area contributed by atoms with E-state index in [9.17, 15) is 4.79 Å². The molecule has 4 rings (SSSR count). The van der Waals surface area contributed by atoms with Gasteiger partial charge in [-0.3, -0.25) is 4.79 Å². The van der Waals surface area contributed by atoms with Crippen LogP contribution in [0.1, 0.15) is 44.7 Å². The van der Waals surface area contributed by atoms with Crippen molar-refractivity contribution in [1.82, 2.24) is 4.57 Å². The summed E-state index contributed by atoms with van der Waals surface area (Å²) >= 11 is 0. The summed E-state index contributed by atoms with van der Waals surface area (Å²) in [6.45, 7) is 7.38. The standard InChI is InChI=1S/C34H37NO4/c1-25(2)12-11-13-26(3)20-21-37-32-30-19-18-29(38-23-27-14-7-5-8-15-27)22-31(30)35(4)34(36)33(32)39-24-28-16-9-6-10-17-28/h5-10,12,14-20,22H,11,13,21,23-24H2,1-4H3/b26-20+. The van der Waals surface area contributed by atoms with E-state index in [-0.39, 0.29) is 17.9 Å². The second-order valence-electron chi connectivity index (χ2n) is 9.93. The minimum absolute atomic E-state index is 0.211. The highest BCUT2D eigenvalue weighted by Crippen LogP contribution is 2.35. The Morgan fingerprint density at radius 2 is 1.41 bits per heavy atom. The number of ether oxygens (including phenoxy) is 3. The van der Waals surface area contributed by atoms with Crippen molar-refractivity contribution in [3.63, 3.8) is 0 Å². The van der Waals surface area contributed by atoms with E-state index in [1.165, 1.54) is 11.1 Å². The molecule has 0 amide bonds. The third kappa shape index (κ3) is 7.64. The van der Waals surface area contributed by atoms with Crippen LogP contribution in [0, 0.1) is 0 Å². The van der Waals surface area contributed by atoms with Gasteiger partial charge in [0.25, 0.3) is 5.56 Å². The Labute approximate surface area is 231 Å². The third-order valence-corrected chi connectivity index (χ3v) is 6.51. The monoisotopic (exact) mass is 523 g/mol. The first-order valence-corrected chi connectivity index (χ1v) is 13.3. The Balaban J connectivity index is 1.63. The fraction of sp³-hybridized carbons (Fsp3) is 0.265. The van der Waals surface area contributed by atoms with Gasteiger partial charge in [0.1, 0.15) is 25.6 Å². The van der Waals surface area contributed by atoms with Gasteiger partial charge in [-0.25, -0.2) is 0 Å². The van der Waals surface area contributed by atoms with E-state index in [1.54, 1.807) is 11.6 Å². The fourth-order valence-electron chi connectivity index (χ4n) is 4.25. The van der Waals surface area contributed by atoms with Gasteiger partial charge in [0, 0.05) is 18.5 Å². The lowest BCUT2D eigenvalue weighted by atomic mass is 10.1. The zero-order valence-corrected chi connectivity index (χ0v) is 23.3. The lowest BCUT2D eigenvalue weighted by Crippen LogP contribution is -2.21. The highest BCUT2D eigenvalue weighted by molar-refractivity contribution is 5.89. The Hall–Kier alpha value is -4.25. The van der Waals surface area contributed by atoms with E-state index in [0.29, 0.717) is 24.7 Å². The van der Waals surface area contributed by atoms with Crippen molar-refractivity contribution in [2.75, 3.05) is 6.61 Å². The first kappa shape index (κ1) is 27.8. The Bertz CT molecular complexity index is 1500. The van der Waals surface area contributed by atoms with Crippen molar-refractivity contribution in [2.45, 2.75) is 46.8 Å². The number of allylic oxidation sites excluding steroid dienone is 3. The van der Waals surface area contributed by atoms with Gasteiger partial charge in [-0.1, -0.05) is 77.9 Å². The average Bonchev–Trinajstić information content (AvgIpc) is 2.95. The van der Waals surface area contributed by atoms with Gasteiger partial charge < -0.3 is 18.8 Å². The molecule has 0 aliphatic carbocycles. The Kier molecular flexibility index (Phi) is 9.63.